The normalized spacial score (nSPS) is 13.9. The van der Waals surface area contributed by atoms with Crippen molar-refractivity contribution in [3.05, 3.63) is 0 Å². The van der Waals surface area contributed by atoms with Crippen molar-refractivity contribution in [3.63, 3.8) is 0 Å². The van der Waals surface area contributed by atoms with Crippen LogP contribution in [0.1, 0.15) is 103 Å². The Morgan fingerprint density at radius 1 is 0.720 bits per heavy atom. The topological polar surface area (TPSA) is 27.6 Å². The number of nitrogens with zero attached hydrogens (tertiary/aromatic N) is 2. The van der Waals surface area contributed by atoms with Crippen molar-refractivity contribution in [2.45, 2.75) is 103 Å². The first-order valence-corrected chi connectivity index (χ1v) is 11.4. The fourth-order valence-corrected chi connectivity index (χ4v) is 3.56. The van der Waals surface area contributed by atoms with Gasteiger partial charge >= 0.3 is 0 Å². The molecule has 1 aliphatic heterocycles. The van der Waals surface area contributed by atoms with Gasteiger partial charge in [0.1, 0.15) is 0 Å². The lowest BCUT2D eigenvalue weighted by molar-refractivity contribution is 0.448. The highest BCUT2D eigenvalue weighted by molar-refractivity contribution is 5.56. The average molecular weight is 352 g/mol. The van der Waals surface area contributed by atoms with Gasteiger partial charge in [0.15, 0.2) is 0 Å². The average Bonchev–Trinajstić information content (AvgIpc) is 3.14. The second-order valence-corrected chi connectivity index (χ2v) is 7.76. The second-order valence-electron chi connectivity index (χ2n) is 7.76. The maximum atomic E-state index is 4.24. The molecule has 1 aliphatic rings. The van der Waals surface area contributed by atoms with Crippen LogP contribution in [-0.2, 0) is 0 Å². The van der Waals surface area contributed by atoms with E-state index in [-0.39, 0.29) is 0 Å². The molecule has 0 aliphatic carbocycles. The van der Waals surface area contributed by atoms with Crippen molar-refractivity contribution in [3.8, 4) is 0 Å². The van der Waals surface area contributed by atoms with Crippen molar-refractivity contribution >= 4 is 6.34 Å². The summed E-state index contributed by atoms with van der Waals surface area (Å²) in [6.45, 7) is 7.79. The predicted molar refractivity (Wildman–Crippen MR) is 113 cm³/mol. The zero-order valence-electron chi connectivity index (χ0n) is 17.1. The van der Waals surface area contributed by atoms with E-state index in [1.807, 2.05) is 6.34 Å². The smallest absolute Gasteiger partial charge is 0.0851 e. The summed E-state index contributed by atoms with van der Waals surface area (Å²) in [5.41, 5.74) is 0. The highest BCUT2D eigenvalue weighted by Crippen LogP contribution is 2.13. The Morgan fingerprint density at radius 3 is 1.72 bits per heavy atom. The van der Waals surface area contributed by atoms with E-state index in [1.165, 1.54) is 103 Å². The molecular formula is C22H45N3. The molecule has 0 saturated carbocycles. The third-order valence-corrected chi connectivity index (χ3v) is 5.29. The van der Waals surface area contributed by atoms with Gasteiger partial charge < -0.3 is 10.2 Å². The molecule has 25 heavy (non-hydrogen) atoms. The summed E-state index contributed by atoms with van der Waals surface area (Å²) in [6, 6.07) is 0. The Labute approximate surface area is 158 Å². The first-order valence-electron chi connectivity index (χ1n) is 11.4. The number of rotatable bonds is 19. The molecule has 0 aromatic heterocycles. The molecule has 0 aromatic carbocycles. The highest BCUT2D eigenvalue weighted by Gasteiger charge is 2.03. The molecule has 0 aromatic rings. The van der Waals surface area contributed by atoms with Crippen LogP contribution in [0.15, 0.2) is 4.99 Å². The van der Waals surface area contributed by atoms with Crippen LogP contribution in [0.25, 0.3) is 0 Å². The number of hydrogen-bond donors (Lipinski definition) is 1. The van der Waals surface area contributed by atoms with Crippen molar-refractivity contribution in [1.82, 2.24) is 10.2 Å². The molecule has 0 fully saturated rings. The maximum absolute atomic E-state index is 4.24. The summed E-state index contributed by atoms with van der Waals surface area (Å²) >= 11 is 0. The van der Waals surface area contributed by atoms with Crippen LogP contribution in [0.2, 0.25) is 0 Å². The van der Waals surface area contributed by atoms with Gasteiger partial charge in [0, 0.05) is 19.6 Å². The van der Waals surface area contributed by atoms with Crippen LogP contribution >= 0.6 is 0 Å². The Hall–Kier alpha value is -0.570. The number of aliphatic imine (C=N–C) groups is 1. The van der Waals surface area contributed by atoms with E-state index in [1.54, 1.807) is 0 Å². The van der Waals surface area contributed by atoms with E-state index in [4.69, 9.17) is 0 Å². The SMILES string of the molecule is CCCCCCCCCCCCCCCCCNCCN1C=NCC1. The summed E-state index contributed by atoms with van der Waals surface area (Å²) in [5, 5.41) is 3.56. The summed E-state index contributed by atoms with van der Waals surface area (Å²) in [7, 11) is 0. The minimum atomic E-state index is 0.985. The lowest BCUT2D eigenvalue weighted by atomic mass is 10.0. The van der Waals surface area contributed by atoms with Gasteiger partial charge in [0.05, 0.1) is 12.9 Å². The molecule has 0 bridgehead atoms. The zero-order valence-corrected chi connectivity index (χ0v) is 17.1. The van der Waals surface area contributed by atoms with Gasteiger partial charge in [-0.15, -0.1) is 0 Å². The molecule has 0 spiro atoms. The van der Waals surface area contributed by atoms with E-state index < -0.39 is 0 Å². The minimum Gasteiger partial charge on any atom is -0.360 e. The monoisotopic (exact) mass is 351 g/mol. The Morgan fingerprint density at radius 2 is 1.24 bits per heavy atom. The van der Waals surface area contributed by atoms with Crippen molar-refractivity contribution in [2.24, 2.45) is 4.99 Å². The third-order valence-electron chi connectivity index (χ3n) is 5.29. The molecule has 1 rings (SSSR count). The number of unbranched alkanes of at least 4 members (excludes halogenated alkanes) is 14. The van der Waals surface area contributed by atoms with E-state index in [9.17, 15) is 0 Å². The van der Waals surface area contributed by atoms with Gasteiger partial charge in [-0.3, -0.25) is 4.99 Å². The summed E-state index contributed by atoms with van der Waals surface area (Å²) in [6.07, 6.45) is 23.6. The molecule has 3 heteroatoms. The van der Waals surface area contributed by atoms with Crippen LogP contribution in [0, 0.1) is 0 Å². The van der Waals surface area contributed by atoms with Gasteiger partial charge in [-0.25, -0.2) is 0 Å². The van der Waals surface area contributed by atoms with Crippen LogP contribution in [-0.4, -0.2) is 44.0 Å². The van der Waals surface area contributed by atoms with Gasteiger partial charge in [0.25, 0.3) is 0 Å². The van der Waals surface area contributed by atoms with Gasteiger partial charge in [-0.2, -0.15) is 0 Å². The molecule has 0 saturated heterocycles. The molecule has 148 valence electrons. The fourth-order valence-electron chi connectivity index (χ4n) is 3.56. The quantitative estimate of drug-likeness (QED) is 0.298. The van der Waals surface area contributed by atoms with Crippen LogP contribution in [0.3, 0.4) is 0 Å². The van der Waals surface area contributed by atoms with Crippen LogP contribution < -0.4 is 5.32 Å². The second kappa shape index (κ2) is 18.2. The molecule has 1 N–H and O–H groups in total. The Kier molecular flexibility index (Phi) is 16.4. The van der Waals surface area contributed by atoms with E-state index in [0.29, 0.717) is 0 Å². The molecule has 0 unspecified atom stereocenters. The molecule has 1 heterocycles. The molecule has 3 nitrogen and oxygen atoms in total. The Bertz CT molecular complexity index is 291. The van der Waals surface area contributed by atoms with Gasteiger partial charge in [0.2, 0.25) is 0 Å². The van der Waals surface area contributed by atoms with E-state index >= 15 is 0 Å². The summed E-state index contributed by atoms with van der Waals surface area (Å²) < 4.78 is 0. The largest absolute Gasteiger partial charge is 0.360 e. The molecular weight excluding hydrogens is 306 g/mol. The van der Waals surface area contributed by atoms with Gasteiger partial charge in [-0.1, -0.05) is 96.8 Å². The zero-order chi connectivity index (χ0) is 17.8. The highest BCUT2D eigenvalue weighted by atomic mass is 15.2. The van der Waals surface area contributed by atoms with E-state index in [2.05, 4.69) is 22.1 Å². The number of nitrogens with one attached hydrogen (secondary N) is 1. The summed E-state index contributed by atoms with van der Waals surface area (Å²) in [4.78, 5) is 6.54. The lowest BCUT2D eigenvalue weighted by Crippen LogP contribution is -2.30. The van der Waals surface area contributed by atoms with E-state index in [0.717, 1.165) is 26.2 Å². The van der Waals surface area contributed by atoms with Crippen LogP contribution in [0.5, 0.6) is 0 Å². The Balaban J connectivity index is 1.63. The maximum Gasteiger partial charge on any atom is 0.0851 e. The first-order chi connectivity index (χ1) is 12.4. The lowest BCUT2D eigenvalue weighted by Gasteiger charge is -2.13. The fraction of sp³-hybridized carbons (Fsp3) is 0.955. The molecule has 0 radical (unpaired) electrons. The number of hydrogen-bond acceptors (Lipinski definition) is 3. The molecule has 0 atom stereocenters. The molecule has 0 amide bonds. The van der Waals surface area contributed by atoms with Crippen LogP contribution in [0.4, 0.5) is 0 Å². The third kappa shape index (κ3) is 15.4. The van der Waals surface area contributed by atoms with Crippen molar-refractivity contribution in [1.29, 1.82) is 0 Å². The summed E-state index contributed by atoms with van der Waals surface area (Å²) in [5.74, 6) is 0. The minimum absolute atomic E-state index is 0.985. The van der Waals surface area contributed by atoms with Crippen molar-refractivity contribution < 1.29 is 0 Å². The van der Waals surface area contributed by atoms with Gasteiger partial charge in [-0.05, 0) is 13.0 Å². The van der Waals surface area contributed by atoms with Crippen molar-refractivity contribution in [2.75, 3.05) is 32.7 Å². The standard InChI is InChI=1S/C22H45N3/c1-2-3-4-5-6-7-8-9-10-11-12-13-14-15-16-17-23-18-20-25-21-19-24-22-25/h22-23H,2-21H2,1H3. The predicted octanol–water partition coefficient (Wildman–Crippen LogP) is 5.79. The first kappa shape index (κ1) is 22.5.